The van der Waals surface area contributed by atoms with E-state index in [9.17, 15) is 0 Å². The first-order valence-corrected chi connectivity index (χ1v) is 7.99. The Hall–Kier alpha value is -0.730. The molecule has 1 fully saturated rings. The quantitative estimate of drug-likeness (QED) is 0.825. The van der Waals surface area contributed by atoms with Gasteiger partial charge in [-0.2, -0.15) is 0 Å². The van der Waals surface area contributed by atoms with Crippen molar-refractivity contribution in [2.45, 2.75) is 65.0 Å². The van der Waals surface area contributed by atoms with E-state index in [1.54, 1.807) is 0 Å². The zero-order valence-corrected chi connectivity index (χ0v) is 13.8. The van der Waals surface area contributed by atoms with Gasteiger partial charge in [-0.25, -0.2) is 0 Å². The van der Waals surface area contributed by atoms with Crippen molar-refractivity contribution in [3.63, 3.8) is 0 Å². The molecule has 112 valence electrons. The summed E-state index contributed by atoms with van der Waals surface area (Å²) in [5.41, 5.74) is 2.22. The summed E-state index contributed by atoms with van der Waals surface area (Å²) in [7, 11) is 0. The molecule has 1 N–H and O–H groups in total. The van der Waals surface area contributed by atoms with Crippen LogP contribution in [0.1, 0.15) is 50.7 Å². The standard InChI is InChI=1S/C17H26ClNO/c1-12(2)19-9-8-17(6-5-7-17)20-15-10-13(3)16(18)14(4)11-15/h10-12,19H,5-9H2,1-4H3. The van der Waals surface area contributed by atoms with E-state index in [0.717, 1.165) is 47.7 Å². The lowest BCUT2D eigenvalue weighted by molar-refractivity contribution is -0.0146. The van der Waals surface area contributed by atoms with Gasteiger partial charge in [0.25, 0.3) is 0 Å². The summed E-state index contributed by atoms with van der Waals surface area (Å²) in [5, 5.41) is 4.33. The van der Waals surface area contributed by atoms with E-state index in [2.05, 4.69) is 31.3 Å². The van der Waals surface area contributed by atoms with E-state index in [-0.39, 0.29) is 5.60 Å². The molecule has 1 aromatic rings. The Morgan fingerprint density at radius 3 is 2.30 bits per heavy atom. The van der Waals surface area contributed by atoms with Crippen LogP contribution in [0.25, 0.3) is 0 Å². The largest absolute Gasteiger partial charge is 0.487 e. The van der Waals surface area contributed by atoms with Crippen molar-refractivity contribution in [3.05, 3.63) is 28.3 Å². The zero-order chi connectivity index (χ0) is 14.8. The van der Waals surface area contributed by atoms with Crippen LogP contribution in [0.5, 0.6) is 5.75 Å². The highest BCUT2D eigenvalue weighted by atomic mass is 35.5. The van der Waals surface area contributed by atoms with Gasteiger partial charge in [0.1, 0.15) is 11.4 Å². The van der Waals surface area contributed by atoms with E-state index in [4.69, 9.17) is 16.3 Å². The molecular weight excluding hydrogens is 270 g/mol. The predicted molar refractivity (Wildman–Crippen MR) is 85.9 cm³/mol. The van der Waals surface area contributed by atoms with Gasteiger partial charge < -0.3 is 10.1 Å². The van der Waals surface area contributed by atoms with Gasteiger partial charge in [-0.15, -0.1) is 0 Å². The number of rotatable bonds is 6. The first-order chi connectivity index (χ1) is 9.42. The normalized spacial score (nSPS) is 17.1. The van der Waals surface area contributed by atoms with E-state index in [0.29, 0.717) is 6.04 Å². The molecule has 0 aromatic heterocycles. The molecule has 2 nitrogen and oxygen atoms in total. The maximum absolute atomic E-state index is 6.34. The Kier molecular flexibility index (Phi) is 4.98. The van der Waals surface area contributed by atoms with Crippen molar-refractivity contribution in [2.24, 2.45) is 0 Å². The third-order valence-electron chi connectivity index (χ3n) is 4.14. The molecule has 0 atom stereocenters. The number of hydrogen-bond acceptors (Lipinski definition) is 2. The van der Waals surface area contributed by atoms with E-state index >= 15 is 0 Å². The summed E-state index contributed by atoms with van der Waals surface area (Å²) in [6.07, 6.45) is 4.67. The Bertz CT molecular complexity index is 443. The number of hydrogen-bond donors (Lipinski definition) is 1. The maximum Gasteiger partial charge on any atom is 0.120 e. The highest BCUT2D eigenvalue weighted by Crippen LogP contribution is 2.40. The fraction of sp³-hybridized carbons (Fsp3) is 0.647. The molecule has 0 heterocycles. The fourth-order valence-electron chi connectivity index (χ4n) is 2.78. The molecule has 0 unspecified atom stereocenters. The summed E-state index contributed by atoms with van der Waals surface area (Å²) in [6, 6.07) is 4.66. The molecule has 0 spiro atoms. The Labute approximate surface area is 127 Å². The van der Waals surface area contributed by atoms with Crippen LogP contribution in [0.15, 0.2) is 12.1 Å². The molecular formula is C17H26ClNO. The summed E-state index contributed by atoms with van der Waals surface area (Å²) >= 11 is 6.22. The average Bonchev–Trinajstić information content (AvgIpc) is 2.32. The molecule has 1 aliphatic rings. The summed E-state index contributed by atoms with van der Waals surface area (Å²) in [6.45, 7) is 9.45. The van der Waals surface area contributed by atoms with Crippen molar-refractivity contribution in [1.29, 1.82) is 0 Å². The molecule has 0 bridgehead atoms. The van der Waals surface area contributed by atoms with Crippen molar-refractivity contribution in [3.8, 4) is 5.75 Å². The number of ether oxygens (including phenoxy) is 1. The number of halogens is 1. The van der Waals surface area contributed by atoms with Gasteiger partial charge in [0.2, 0.25) is 0 Å². The van der Waals surface area contributed by atoms with Gasteiger partial charge in [0.15, 0.2) is 0 Å². The maximum atomic E-state index is 6.34. The lowest BCUT2D eigenvalue weighted by Crippen LogP contribution is -2.46. The van der Waals surface area contributed by atoms with Crippen LogP contribution < -0.4 is 10.1 Å². The summed E-state index contributed by atoms with van der Waals surface area (Å²) < 4.78 is 6.34. The molecule has 0 radical (unpaired) electrons. The van der Waals surface area contributed by atoms with Gasteiger partial charge >= 0.3 is 0 Å². The minimum Gasteiger partial charge on any atom is -0.487 e. The number of benzene rings is 1. The molecule has 0 aliphatic heterocycles. The molecule has 2 rings (SSSR count). The molecule has 0 amide bonds. The highest BCUT2D eigenvalue weighted by molar-refractivity contribution is 6.32. The molecule has 20 heavy (non-hydrogen) atoms. The summed E-state index contributed by atoms with van der Waals surface area (Å²) in [5.74, 6) is 0.966. The minimum absolute atomic E-state index is 0.0363. The predicted octanol–water partition coefficient (Wildman–Crippen LogP) is 4.65. The molecule has 3 heteroatoms. The van der Waals surface area contributed by atoms with Crippen molar-refractivity contribution in [2.75, 3.05) is 6.54 Å². The van der Waals surface area contributed by atoms with Gasteiger partial charge in [0, 0.05) is 11.1 Å². The van der Waals surface area contributed by atoms with Crippen LogP contribution in [0, 0.1) is 13.8 Å². The van der Waals surface area contributed by atoms with E-state index in [1.807, 2.05) is 13.8 Å². The average molecular weight is 296 g/mol. The second-order valence-corrected chi connectivity index (χ2v) is 6.75. The number of aryl methyl sites for hydroxylation is 2. The second-order valence-electron chi connectivity index (χ2n) is 6.37. The third kappa shape index (κ3) is 3.67. The van der Waals surface area contributed by atoms with Crippen molar-refractivity contribution in [1.82, 2.24) is 5.32 Å². The SMILES string of the molecule is Cc1cc(OC2(CCNC(C)C)CCC2)cc(C)c1Cl. The lowest BCUT2D eigenvalue weighted by Gasteiger charge is -2.42. The van der Waals surface area contributed by atoms with Gasteiger partial charge in [-0.05, 0) is 69.3 Å². The highest BCUT2D eigenvalue weighted by Gasteiger charge is 2.38. The van der Waals surface area contributed by atoms with Gasteiger partial charge in [-0.3, -0.25) is 0 Å². The lowest BCUT2D eigenvalue weighted by atomic mass is 9.77. The van der Waals surface area contributed by atoms with Gasteiger partial charge in [0.05, 0.1) is 0 Å². The molecule has 1 aliphatic carbocycles. The molecule has 0 saturated heterocycles. The first-order valence-electron chi connectivity index (χ1n) is 7.61. The fourth-order valence-corrected chi connectivity index (χ4v) is 2.89. The monoisotopic (exact) mass is 295 g/mol. The van der Waals surface area contributed by atoms with E-state index in [1.165, 1.54) is 6.42 Å². The molecule has 1 aromatic carbocycles. The second kappa shape index (κ2) is 6.36. The van der Waals surface area contributed by atoms with Crippen LogP contribution in [0.2, 0.25) is 5.02 Å². The van der Waals surface area contributed by atoms with Crippen molar-refractivity contribution >= 4 is 11.6 Å². The smallest absolute Gasteiger partial charge is 0.120 e. The zero-order valence-electron chi connectivity index (χ0n) is 13.1. The van der Waals surface area contributed by atoms with E-state index < -0.39 is 0 Å². The van der Waals surface area contributed by atoms with Crippen LogP contribution >= 0.6 is 11.6 Å². The third-order valence-corrected chi connectivity index (χ3v) is 4.74. The van der Waals surface area contributed by atoms with Crippen molar-refractivity contribution < 1.29 is 4.74 Å². The topological polar surface area (TPSA) is 21.3 Å². The van der Waals surface area contributed by atoms with Crippen LogP contribution in [-0.4, -0.2) is 18.2 Å². The Balaban J connectivity index is 2.02. The number of nitrogens with one attached hydrogen (secondary N) is 1. The Morgan fingerprint density at radius 2 is 1.85 bits per heavy atom. The van der Waals surface area contributed by atoms with Crippen LogP contribution in [-0.2, 0) is 0 Å². The Morgan fingerprint density at radius 1 is 1.25 bits per heavy atom. The van der Waals surface area contributed by atoms with Crippen LogP contribution in [0.4, 0.5) is 0 Å². The van der Waals surface area contributed by atoms with Gasteiger partial charge in [-0.1, -0.05) is 25.4 Å². The minimum atomic E-state index is 0.0363. The van der Waals surface area contributed by atoms with Crippen LogP contribution in [0.3, 0.4) is 0 Å². The molecule has 1 saturated carbocycles. The first kappa shape index (κ1) is 15.7. The summed E-state index contributed by atoms with van der Waals surface area (Å²) in [4.78, 5) is 0.